The molecule has 0 bridgehead atoms. The van der Waals surface area contributed by atoms with Crippen LogP contribution in [0.1, 0.15) is 35.9 Å². The van der Waals surface area contributed by atoms with Gasteiger partial charge < -0.3 is 9.42 Å². The van der Waals surface area contributed by atoms with Crippen LogP contribution in [0.3, 0.4) is 0 Å². The maximum Gasteiger partial charge on any atom is 0.231 e. The van der Waals surface area contributed by atoms with E-state index < -0.39 is 0 Å². The van der Waals surface area contributed by atoms with E-state index in [4.69, 9.17) is 4.52 Å². The summed E-state index contributed by atoms with van der Waals surface area (Å²) in [4.78, 5) is 11.1. The fourth-order valence-electron chi connectivity index (χ4n) is 3.31. The molecule has 0 N–H and O–H groups in total. The Bertz CT molecular complexity index is 992. The fraction of sp³-hybridized carbons (Fsp3) is 0.300. The SMILES string of the molecule is Cc1ccc(N2CCCC(c3nc(-c4ccc(F)cc4)no3)C2)nc1C#N. The number of aryl methyl sites for hydroxylation is 1. The van der Waals surface area contributed by atoms with Gasteiger partial charge in [0.1, 0.15) is 23.4 Å². The molecule has 136 valence electrons. The minimum absolute atomic E-state index is 0.0917. The molecule has 1 unspecified atom stereocenters. The molecule has 0 saturated carbocycles. The summed E-state index contributed by atoms with van der Waals surface area (Å²) in [5, 5.41) is 13.3. The number of hydrogen-bond acceptors (Lipinski definition) is 6. The average Bonchev–Trinajstić information content (AvgIpc) is 3.19. The minimum Gasteiger partial charge on any atom is -0.356 e. The third-order valence-corrected chi connectivity index (χ3v) is 4.83. The van der Waals surface area contributed by atoms with Crippen LogP contribution in [0.25, 0.3) is 11.4 Å². The molecular weight excluding hydrogens is 345 g/mol. The van der Waals surface area contributed by atoms with Crippen molar-refractivity contribution in [2.45, 2.75) is 25.7 Å². The van der Waals surface area contributed by atoms with Gasteiger partial charge in [0.2, 0.25) is 11.7 Å². The van der Waals surface area contributed by atoms with Gasteiger partial charge in [-0.15, -0.1) is 0 Å². The van der Waals surface area contributed by atoms with Gasteiger partial charge in [0.15, 0.2) is 0 Å². The highest BCUT2D eigenvalue weighted by atomic mass is 19.1. The first-order valence-corrected chi connectivity index (χ1v) is 8.86. The lowest BCUT2D eigenvalue weighted by molar-refractivity contribution is 0.333. The molecule has 4 rings (SSSR count). The molecule has 1 aliphatic heterocycles. The second-order valence-electron chi connectivity index (χ2n) is 6.70. The minimum atomic E-state index is -0.298. The maximum atomic E-state index is 13.1. The van der Waals surface area contributed by atoms with Crippen LogP contribution in [0.15, 0.2) is 40.9 Å². The van der Waals surface area contributed by atoms with Gasteiger partial charge in [-0.1, -0.05) is 11.2 Å². The fourth-order valence-corrected chi connectivity index (χ4v) is 3.31. The predicted octanol–water partition coefficient (Wildman–Crippen LogP) is 3.83. The molecule has 6 nitrogen and oxygen atoms in total. The molecule has 7 heteroatoms. The summed E-state index contributed by atoms with van der Waals surface area (Å²) in [5.41, 5.74) is 2.04. The molecule has 1 atom stereocenters. The van der Waals surface area contributed by atoms with Gasteiger partial charge in [-0.25, -0.2) is 9.37 Å². The van der Waals surface area contributed by atoms with Gasteiger partial charge in [0, 0.05) is 18.7 Å². The van der Waals surface area contributed by atoms with Gasteiger partial charge in [0.05, 0.1) is 5.92 Å². The number of nitrogens with zero attached hydrogens (tertiary/aromatic N) is 5. The summed E-state index contributed by atoms with van der Waals surface area (Å²) in [6.07, 6.45) is 1.91. The third kappa shape index (κ3) is 3.51. The summed E-state index contributed by atoms with van der Waals surface area (Å²) in [5.74, 6) is 1.62. The number of benzene rings is 1. The number of anilines is 1. The molecule has 1 aromatic carbocycles. The molecule has 2 aromatic heterocycles. The Balaban J connectivity index is 1.54. The van der Waals surface area contributed by atoms with Crippen molar-refractivity contribution >= 4 is 5.82 Å². The zero-order chi connectivity index (χ0) is 18.8. The van der Waals surface area contributed by atoms with Crippen LogP contribution in [0, 0.1) is 24.1 Å². The molecule has 1 fully saturated rings. The van der Waals surface area contributed by atoms with Crippen LogP contribution in [-0.2, 0) is 0 Å². The van der Waals surface area contributed by atoms with Gasteiger partial charge in [-0.3, -0.25) is 0 Å². The van der Waals surface area contributed by atoms with Gasteiger partial charge in [-0.05, 0) is 55.7 Å². The largest absolute Gasteiger partial charge is 0.356 e. The number of nitriles is 1. The van der Waals surface area contributed by atoms with Crippen LogP contribution in [-0.4, -0.2) is 28.2 Å². The molecule has 0 aliphatic carbocycles. The summed E-state index contributed by atoms with van der Waals surface area (Å²) < 4.78 is 18.6. The van der Waals surface area contributed by atoms with Crippen LogP contribution < -0.4 is 4.90 Å². The van der Waals surface area contributed by atoms with Crippen molar-refractivity contribution in [3.63, 3.8) is 0 Å². The van der Waals surface area contributed by atoms with E-state index in [9.17, 15) is 9.65 Å². The molecule has 0 amide bonds. The Morgan fingerprint density at radius 2 is 2.00 bits per heavy atom. The molecule has 3 aromatic rings. The zero-order valence-corrected chi connectivity index (χ0v) is 14.9. The second-order valence-corrected chi connectivity index (χ2v) is 6.70. The van der Waals surface area contributed by atoms with Crippen LogP contribution >= 0.6 is 0 Å². The Labute approximate surface area is 156 Å². The van der Waals surface area contributed by atoms with E-state index in [-0.39, 0.29) is 11.7 Å². The topological polar surface area (TPSA) is 78.8 Å². The van der Waals surface area contributed by atoms with Crippen molar-refractivity contribution < 1.29 is 8.91 Å². The van der Waals surface area contributed by atoms with E-state index in [0.29, 0.717) is 24.0 Å². The van der Waals surface area contributed by atoms with Crippen molar-refractivity contribution in [1.82, 2.24) is 15.1 Å². The average molecular weight is 363 g/mol. The number of halogens is 1. The maximum absolute atomic E-state index is 13.1. The highest BCUT2D eigenvalue weighted by Gasteiger charge is 2.27. The molecule has 1 saturated heterocycles. The molecule has 1 aliphatic rings. The molecular formula is C20H18FN5O. The van der Waals surface area contributed by atoms with E-state index in [1.165, 1.54) is 12.1 Å². The summed E-state index contributed by atoms with van der Waals surface area (Å²) in [7, 11) is 0. The molecule has 27 heavy (non-hydrogen) atoms. The number of rotatable bonds is 3. The predicted molar refractivity (Wildman–Crippen MR) is 97.6 cm³/mol. The van der Waals surface area contributed by atoms with Gasteiger partial charge in [-0.2, -0.15) is 10.2 Å². The molecule has 0 radical (unpaired) electrons. The van der Waals surface area contributed by atoms with Crippen LogP contribution in [0.2, 0.25) is 0 Å². The number of piperidine rings is 1. The molecule has 0 spiro atoms. The Morgan fingerprint density at radius 3 is 2.78 bits per heavy atom. The van der Waals surface area contributed by atoms with Gasteiger partial charge in [0.25, 0.3) is 0 Å². The standard InChI is InChI=1S/C20H18FN5O/c1-13-4-9-18(23-17(13)11-22)26-10-2-3-15(12-26)20-24-19(25-27-20)14-5-7-16(21)8-6-14/h4-9,15H,2-3,10,12H2,1H3. The van der Waals surface area contributed by atoms with Crippen molar-refractivity contribution in [2.24, 2.45) is 0 Å². The lowest BCUT2D eigenvalue weighted by Gasteiger charge is -2.32. The number of hydrogen-bond donors (Lipinski definition) is 0. The highest BCUT2D eigenvalue weighted by molar-refractivity contribution is 5.54. The first kappa shape index (κ1) is 17.2. The summed E-state index contributed by atoms with van der Waals surface area (Å²) >= 11 is 0. The second kappa shape index (κ2) is 7.16. The third-order valence-electron chi connectivity index (χ3n) is 4.83. The normalized spacial score (nSPS) is 16.9. The van der Waals surface area contributed by atoms with Gasteiger partial charge >= 0.3 is 0 Å². The summed E-state index contributed by atoms with van der Waals surface area (Å²) in [6.45, 7) is 3.45. The van der Waals surface area contributed by atoms with E-state index in [0.717, 1.165) is 36.3 Å². The van der Waals surface area contributed by atoms with E-state index in [2.05, 4.69) is 26.1 Å². The van der Waals surface area contributed by atoms with E-state index in [1.54, 1.807) is 12.1 Å². The van der Waals surface area contributed by atoms with E-state index >= 15 is 0 Å². The van der Waals surface area contributed by atoms with Crippen LogP contribution in [0.5, 0.6) is 0 Å². The number of pyridine rings is 1. The Morgan fingerprint density at radius 1 is 1.19 bits per heavy atom. The lowest BCUT2D eigenvalue weighted by atomic mass is 9.98. The molecule has 3 heterocycles. The smallest absolute Gasteiger partial charge is 0.231 e. The highest BCUT2D eigenvalue weighted by Crippen LogP contribution is 2.30. The van der Waals surface area contributed by atoms with Crippen LogP contribution in [0.4, 0.5) is 10.2 Å². The van der Waals surface area contributed by atoms with Crippen molar-refractivity contribution in [3.8, 4) is 17.5 Å². The van der Waals surface area contributed by atoms with E-state index in [1.807, 2.05) is 19.1 Å². The summed E-state index contributed by atoms with van der Waals surface area (Å²) in [6, 6.07) is 12.0. The lowest BCUT2D eigenvalue weighted by Crippen LogP contribution is -2.35. The van der Waals surface area contributed by atoms with Crippen molar-refractivity contribution in [3.05, 3.63) is 59.4 Å². The van der Waals surface area contributed by atoms with Crippen molar-refractivity contribution in [1.29, 1.82) is 5.26 Å². The van der Waals surface area contributed by atoms with Crippen molar-refractivity contribution in [2.75, 3.05) is 18.0 Å². The number of aromatic nitrogens is 3. The Kier molecular flexibility index (Phi) is 4.55. The quantitative estimate of drug-likeness (QED) is 0.704. The Hall–Kier alpha value is -3.27. The first-order valence-electron chi connectivity index (χ1n) is 8.86. The first-order chi connectivity index (χ1) is 13.1. The monoisotopic (exact) mass is 363 g/mol. The zero-order valence-electron chi connectivity index (χ0n) is 14.9.